The average molecular weight is 296 g/mol. The molecule has 0 saturated heterocycles. The van der Waals surface area contributed by atoms with Crippen LogP contribution in [0.3, 0.4) is 0 Å². The molecule has 2 aromatic rings. The quantitative estimate of drug-likeness (QED) is 0.943. The number of nitrogens with zero attached hydrogens (tertiary/aromatic N) is 1. The van der Waals surface area contributed by atoms with E-state index in [0.29, 0.717) is 4.90 Å². The zero-order valence-electron chi connectivity index (χ0n) is 11.1. The van der Waals surface area contributed by atoms with E-state index in [2.05, 4.69) is 9.71 Å². The van der Waals surface area contributed by atoms with Gasteiger partial charge in [-0.15, -0.1) is 11.3 Å². The Morgan fingerprint density at radius 1 is 1.26 bits per heavy atom. The first-order chi connectivity index (χ1) is 8.88. The van der Waals surface area contributed by atoms with E-state index in [4.69, 9.17) is 0 Å². The van der Waals surface area contributed by atoms with Gasteiger partial charge in [0.25, 0.3) is 0 Å². The van der Waals surface area contributed by atoms with E-state index in [9.17, 15) is 8.42 Å². The Labute approximate surface area is 117 Å². The average Bonchev–Trinajstić information content (AvgIpc) is 2.76. The molecule has 1 aromatic heterocycles. The number of thiazole rings is 1. The fourth-order valence-corrected chi connectivity index (χ4v) is 3.89. The lowest BCUT2D eigenvalue weighted by Gasteiger charge is -2.09. The second-order valence-corrected chi connectivity index (χ2v) is 7.49. The van der Waals surface area contributed by atoms with E-state index in [0.717, 1.165) is 21.0 Å². The maximum Gasteiger partial charge on any atom is 0.241 e. The van der Waals surface area contributed by atoms with Gasteiger partial charge >= 0.3 is 0 Å². The molecule has 1 aromatic carbocycles. The highest BCUT2D eigenvalue weighted by Crippen LogP contribution is 2.18. The van der Waals surface area contributed by atoms with Crippen LogP contribution < -0.4 is 4.72 Å². The van der Waals surface area contributed by atoms with Crippen molar-refractivity contribution in [2.45, 2.75) is 32.2 Å². The molecule has 0 fully saturated rings. The number of hydrogen-bond donors (Lipinski definition) is 1. The van der Waals surface area contributed by atoms with Crippen molar-refractivity contribution in [3.05, 3.63) is 45.4 Å². The van der Waals surface area contributed by atoms with Crippen LogP contribution in [0.2, 0.25) is 0 Å². The number of benzene rings is 1. The summed E-state index contributed by atoms with van der Waals surface area (Å²) in [6.45, 7) is 5.85. The number of hydrogen-bond acceptors (Lipinski definition) is 4. The zero-order chi connectivity index (χ0) is 14.0. The SMILES string of the molecule is Cc1ccc(C)c(S(=O)(=O)NCc2cnc(C)s2)c1. The normalized spacial score (nSPS) is 11.7. The Hall–Kier alpha value is -1.24. The molecular formula is C13H16N2O2S2. The molecule has 0 radical (unpaired) electrons. The largest absolute Gasteiger partial charge is 0.250 e. The minimum absolute atomic E-state index is 0.279. The van der Waals surface area contributed by atoms with E-state index in [-0.39, 0.29) is 6.54 Å². The summed E-state index contributed by atoms with van der Waals surface area (Å²) in [5, 5.41) is 0.931. The molecule has 0 aliphatic carbocycles. The van der Waals surface area contributed by atoms with E-state index in [1.54, 1.807) is 19.2 Å². The lowest BCUT2D eigenvalue weighted by atomic mass is 10.2. The van der Waals surface area contributed by atoms with Gasteiger partial charge in [-0.25, -0.2) is 18.1 Å². The predicted octanol–water partition coefficient (Wildman–Crippen LogP) is 2.55. The standard InChI is InChI=1S/C13H16N2O2S2/c1-9-4-5-10(2)13(6-9)19(16,17)15-8-12-7-14-11(3)18-12/h4-7,15H,8H2,1-3H3. The molecule has 4 nitrogen and oxygen atoms in total. The summed E-state index contributed by atoms with van der Waals surface area (Å²) in [5.41, 5.74) is 1.68. The molecule has 0 amide bonds. The molecule has 0 unspecified atom stereocenters. The van der Waals surface area contributed by atoms with Gasteiger partial charge < -0.3 is 0 Å². The zero-order valence-corrected chi connectivity index (χ0v) is 12.7. The smallest absolute Gasteiger partial charge is 0.241 e. The molecule has 19 heavy (non-hydrogen) atoms. The second kappa shape index (κ2) is 5.40. The van der Waals surface area contributed by atoms with E-state index >= 15 is 0 Å². The van der Waals surface area contributed by atoms with Gasteiger partial charge in [-0.1, -0.05) is 12.1 Å². The number of rotatable bonds is 4. The summed E-state index contributed by atoms with van der Waals surface area (Å²) in [4.78, 5) is 5.36. The van der Waals surface area contributed by atoms with E-state index < -0.39 is 10.0 Å². The van der Waals surface area contributed by atoms with Gasteiger partial charge in [0.2, 0.25) is 10.0 Å². The van der Waals surface area contributed by atoms with Crippen LogP contribution in [0.25, 0.3) is 0 Å². The summed E-state index contributed by atoms with van der Waals surface area (Å²) in [6, 6.07) is 5.41. The van der Waals surface area contributed by atoms with Crippen LogP contribution in [-0.4, -0.2) is 13.4 Å². The topological polar surface area (TPSA) is 59.1 Å². The minimum Gasteiger partial charge on any atom is -0.250 e. The van der Waals surface area contributed by atoms with E-state index in [1.807, 2.05) is 26.0 Å². The minimum atomic E-state index is -3.47. The molecule has 1 N–H and O–H groups in total. The molecule has 0 aliphatic heterocycles. The third kappa shape index (κ3) is 3.40. The van der Waals surface area contributed by atoms with Gasteiger partial charge in [0.1, 0.15) is 0 Å². The lowest BCUT2D eigenvalue weighted by Crippen LogP contribution is -2.23. The second-order valence-electron chi connectivity index (χ2n) is 4.44. The third-order valence-corrected chi connectivity index (χ3v) is 5.19. The van der Waals surface area contributed by atoms with Crippen molar-refractivity contribution in [2.75, 3.05) is 0 Å². The maximum absolute atomic E-state index is 12.3. The predicted molar refractivity (Wildman–Crippen MR) is 76.8 cm³/mol. The van der Waals surface area contributed by atoms with Gasteiger partial charge in [0.05, 0.1) is 9.90 Å². The van der Waals surface area contributed by atoms with Crippen LogP contribution in [0, 0.1) is 20.8 Å². The summed E-state index contributed by atoms with van der Waals surface area (Å²) in [7, 11) is -3.47. The summed E-state index contributed by atoms with van der Waals surface area (Å²) in [6.07, 6.45) is 1.70. The van der Waals surface area contributed by atoms with Crippen molar-refractivity contribution in [1.29, 1.82) is 0 Å². The summed E-state index contributed by atoms with van der Waals surface area (Å²) in [5.74, 6) is 0. The third-order valence-electron chi connectivity index (χ3n) is 2.74. The molecule has 0 spiro atoms. The fraction of sp³-hybridized carbons (Fsp3) is 0.308. The number of sulfonamides is 1. The molecule has 1 heterocycles. The Morgan fingerprint density at radius 3 is 2.63 bits per heavy atom. The van der Waals surface area contributed by atoms with Crippen LogP contribution in [-0.2, 0) is 16.6 Å². The van der Waals surface area contributed by atoms with Gasteiger partial charge in [-0.05, 0) is 38.0 Å². The molecule has 0 atom stereocenters. The highest BCUT2D eigenvalue weighted by molar-refractivity contribution is 7.89. The fourth-order valence-electron chi connectivity index (χ4n) is 1.73. The maximum atomic E-state index is 12.3. The first kappa shape index (κ1) is 14.2. The Balaban J connectivity index is 2.20. The van der Waals surface area contributed by atoms with Crippen molar-refractivity contribution < 1.29 is 8.42 Å². The van der Waals surface area contributed by atoms with Crippen molar-refractivity contribution in [1.82, 2.24) is 9.71 Å². The highest BCUT2D eigenvalue weighted by atomic mass is 32.2. The number of aryl methyl sites for hydroxylation is 3. The van der Waals surface area contributed by atoms with Crippen molar-refractivity contribution in [2.24, 2.45) is 0 Å². The molecule has 2 rings (SSSR count). The van der Waals surface area contributed by atoms with Gasteiger partial charge in [-0.2, -0.15) is 0 Å². The number of nitrogens with one attached hydrogen (secondary N) is 1. The van der Waals surface area contributed by atoms with Crippen LogP contribution >= 0.6 is 11.3 Å². The first-order valence-electron chi connectivity index (χ1n) is 5.87. The molecule has 0 bridgehead atoms. The van der Waals surface area contributed by atoms with Crippen molar-refractivity contribution >= 4 is 21.4 Å². The van der Waals surface area contributed by atoms with Gasteiger partial charge in [-0.3, -0.25) is 0 Å². The Bertz CT molecular complexity index is 690. The highest BCUT2D eigenvalue weighted by Gasteiger charge is 2.16. The lowest BCUT2D eigenvalue weighted by molar-refractivity contribution is 0.581. The molecule has 6 heteroatoms. The van der Waals surface area contributed by atoms with Crippen LogP contribution in [0.15, 0.2) is 29.3 Å². The Kier molecular flexibility index (Phi) is 4.03. The Morgan fingerprint density at radius 2 is 2.00 bits per heavy atom. The van der Waals surface area contributed by atoms with Crippen molar-refractivity contribution in [3.63, 3.8) is 0 Å². The first-order valence-corrected chi connectivity index (χ1v) is 8.17. The molecule has 0 saturated carbocycles. The molecule has 0 aliphatic rings. The molecular weight excluding hydrogens is 280 g/mol. The van der Waals surface area contributed by atoms with E-state index in [1.165, 1.54) is 11.3 Å². The van der Waals surface area contributed by atoms with Crippen LogP contribution in [0.4, 0.5) is 0 Å². The number of aromatic nitrogens is 1. The van der Waals surface area contributed by atoms with Crippen molar-refractivity contribution in [3.8, 4) is 0 Å². The monoisotopic (exact) mass is 296 g/mol. The molecule has 102 valence electrons. The van der Waals surface area contributed by atoms with Gasteiger partial charge in [0.15, 0.2) is 0 Å². The van der Waals surface area contributed by atoms with Crippen LogP contribution in [0.5, 0.6) is 0 Å². The van der Waals surface area contributed by atoms with Crippen LogP contribution in [0.1, 0.15) is 21.0 Å². The summed E-state index contributed by atoms with van der Waals surface area (Å²) < 4.78 is 27.1. The van der Waals surface area contributed by atoms with Gasteiger partial charge in [0, 0.05) is 17.6 Å². The summed E-state index contributed by atoms with van der Waals surface area (Å²) >= 11 is 1.49.